The van der Waals surface area contributed by atoms with Gasteiger partial charge in [0.15, 0.2) is 5.67 Å². The van der Waals surface area contributed by atoms with Crippen LogP contribution in [0.3, 0.4) is 0 Å². The van der Waals surface area contributed by atoms with Crippen molar-refractivity contribution in [3.05, 3.63) is 24.0 Å². The summed E-state index contributed by atoms with van der Waals surface area (Å²) in [4.78, 5) is 17.2. The zero-order valence-corrected chi connectivity index (χ0v) is 10.2. The average molecular weight is 253 g/mol. The summed E-state index contributed by atoms with van der Waals surface area (Å²) in [5.74, 6) is -0.273. The van der Waals surface area contributed by atoms with Gasteiger partial charge in [0.2, 0.25) is 0 Å². The van der Waals surface area contributed by atoms with Gasteiger partial charge >= 0.3 is 0 Å². The van der Waals surface area contributed by atoms with Crippen LogP contribution in [0.2, 0.25) is 0 Å². The van der Waals surface area contributed by atoms with Crippen LogP contribution in [-0.2, 0) is 0 Å². The van der Waals surface area contributed by atoms with Crippen molar-refractivity contribution < 1.29 is 14.3 Å². The number of hydrogen-bond acceptors (Lipinski definition) is 4. The molecule has 0 aromatic carbocycles. The Morgan fingerprint density at radius 2 is 2.50 bits per heavy atom. The average Bonchev–Trinajstić information content (AvgIpc) is 2.81. The maximum Gasteiger partial charge on any atom is 0.269 e. The molecule has 5 nitrogen and oxygen atoms in total. The minimum atomic E-state index is -1.55. The molecular weight excluding hydrogens is 237 g/mol. The van der Waals surface area contributed by atoms with E-state index in [0.29, 0.717) is 18.7 Å². The van der Waals surface area contributed by atoms with E-state index in [1.807, 2.05) is 4.90 Å². The van der Waals surface area contributed by atoms with E-state index in [9.17, 15) is 9.18 Å². The predicted molar refractivity (Wildman–Crippen MR) is 65.4 cm³/mol. The molecule has 0 radical (unpaired) electrons. The quantitative estimate of drug-likeness (QED) is 0.816. The van der Waals surface area contributed by atoms with Gasteiger partial charge in [0, 0.05) is 31.9 Å². The highest BCUT2D eigenvalue weighted by molar-refractivity contribution is 5.92. The van der Waals surface area contributed by atoms with E-state index in [1.165, 1.54) is 13.2 Å². The molecule has 6 heteroatoms. The minimum Gasteiger partial charge on any atom is -0.393 e. The summed E-state index contributed by atoms with van der Waals surface area (Å²) in [5, 5.41) is 11.5. The molecule has 1 saturated heterocycles. The fraction of sp³-hybridized carbons (Fsp3) is 0.500. The first-order valence-electron chi connectivity index (χ1n) is 5.81. The normalized spacial score (nSPS) is 23.2. The number of nitrogens with zero attached hydrogens (tertiary/aromatic N) is 2. The number of amides is 1. The van der Waals surface area contributed by atoms with Crippen LogP contribution >= 0.6 is 0 Å². The second-order valence-corrected chi connectivity index (χ2v) is 4.46. The van der Waals surface area contributed by atoms with Crippen molar-refractivity contribution in [2.75, 3.05) is 31.6 Å². The lowest BCUT2D eigenvalue weighted by atomic mass is 10.1. The molecule has 1 aliphatic rings. The second-order valence-electron chi connectivity index (χ2n) is 4.46. The van der Waals surface area contributed by atoms with E-state index in [-0.39, 0.29) is 12.5 Å². The van der Waals surface area contributed by atoms with Gasteiger partial charge in [-0.1, -0.05) is 0 Å². The van der Waals surface area contributed by atoms with Crippen LogP contribution in [0.15, 0.2) is 18.3 Å². The van der Waals surface area contributed by atoms with Gasteiger partial charge in [0.25, 0.3) is 5.91 Å². The standard InChI is InChI=1S/C12H16FN3O2/c1-14-11(18)10-6-9(2-4-15-10)16-5-3-12(13,7-16)8-17/h2,4,6,17H,3,5,7-8H2,1H3,(H,14,18). The number of pyridine rings is 1. The van der Waals surface area contributed by atoms with Crippen molar-refractivity contribution in [2.45, 2.75) is 12.1 Å². The molecule has 98 valence electrons. The number of carbonyl (C=O) groups is 1. The molecule has 1 unspecified atom stereocenters. The van der Waals surface area contributed by atoms with Crippen LogP contribution in [0, 0.1) is 0 Å². The lowest BCUT2D eigenvalue weighted by molar-refractivity contribution is 0.0910. The maximum absolute atomic E-state index is 13.9. The zero-order chi connectivity index (χ0) is 13.2. The van der Waals surface area contributed by atoms with Crippen LogP contribution < -0.4 is 10.2 Å². The third kappa shape index (κ3) is 2.43. The van der Waals surface area contributed by atoms with Crippen molar-refractivity contribution in [3.8, 4) is 0 Å². The molecule has 2 heterocycles. The van der Waals surface area contributed by atoms with Gasteiger partial charge in [-0.2, -0.15) is 0 Å². The number of nitrogens with one attached hydrogen (secondary N) is 1. The largest absolute Gasteiger partial charge is 0.393 e. The number of anilines is 1. The molecule has 1 fully saturated rings. The number of aliphatic hydroxyl groups excluding tert-OH is 1. The van der Waals surface area contributed by atoms with E-state index >= 15 is 0 Å². The second kappa shape index (κ2) is 4.89. The van der Waals surface area contributed by atoms with Gasteiger partial charge in [-0.3, -0.25) is 9.78 Å². The lowest BCUT2D eigenvalue weighted by Crippen LogP contribution is -2.32. The first-order chi connectivity index (χ1) is 8.58. The maximum atomic E-state index is 13.9. The topological polar surface area (TPSA) is 65.5 Å². The first kappa shape index (κ1) is 12.8. The molecule has 2 rings (SSSR count). The summed E-state index contributed by atoms with van der Waals surface area (Å²) in [5.41, 5.74) is -0.497. The number of aromatic nitrogens is 1. The molecule has 1 aromatic heterocycles. The van der Waals surface area contributed by atoms with E-state index in [2.05, 4.69) is 10.3 Å². The lowest BCUT2D eigenvalue weighted by Gasteiger charge is -2.20. The molecule has 0 saturated carbocycles. The zero-order valence-electron chi connectivity index (χ0n) is 10.2. The van der Waals surface area contributed by atoms with Crippen molar-refractivity contribution in [1.82, 2.24) is 10.3 Å². The highest BCUT2D eigenvalue weighted by atomic mass is 19.1. The smallest absolute Gasteiger partial charge is 0.269 e. The fourth-order valence-electron chi connectivity index (χ4n) is 2.05. The molecule has 0 spiro atoms. The van der Waals surface area contributed by atoms with E-state index in [4.69, 9.17) is 5.11 Å². The van der Waals surface area contributed by atoms with Crippen LogP contribution in [0.1, 0.15) is 16.9 Å². The van der Waals surface area contributed by atoms with Crippen LogP contribution in [0.4, 0.5) is 10.1 Å². The Morgan fingerprint density at radius 1 is 1.72 bits per heavy atom. The van der Waals surface area contributed by atoms with E-state index < -0.39 is 12.3 Å². The van der Waals surface area contributed by atoms with E-state index in [0.717, 1.165) is 5.69 Å². The minimum absolute atomic E-state index is 0.140. The molecule has 0 aliphatic carbocycles. The van der Waals surface area contributed by atoms with Crippen LogP contribution in [0.5, 0.6) is 0 Å². The summed E-state index contributed by atoms with van der Waals surface area (Å²) >= 11 is 0. The van der Waals surface area contributed by atoms with Gasteiger partial charge in [0.05, 0.1) is 13.2 Å². The molecule has 1 atom stereocenters. The fourth-order valence-corrected chi connectivity index (χ4v) is 2.05. The summed E-state index contributed by atoms with van der Waals surface area (Å²) in [6, 6.07) is 3.36. The summed E-state index contributed by atoms with van der Waals surface area (Å²) in [6.45, 7) is 0.186. The summed E-state index contributed by atoms with van der Waals surface area (Å²) in [6.07, 6.45) is 1.82. The molecule has 2 N–H and O–H groups in total. The number of carbonyl (C=O) groups excluding carboxylic acids is 1. The number of halogens is 1. The number of alkyl halides is 1. The molecule has 1 amide bonds. The number of rotatable bonds is 3. The molecule has 0 bridgehead atoms. The molecular formula is C12H16FN3O2. The molecule has 1 aliphatic heterocycles. The van der Waals surface area contributed by atoms with Gasteiger partial charge in [-0.05, 0) is 12.1 Å². The third-order valence-corrected chi connectivity index (χ3v) is 3.16. The van der Waals surface area contributed by atoms with Gasteiger partial charge in [-0.25, -0.2) is 4.39 Å². The third-order valence-electron chi connectivity index (χ3n) is 3.16. The van der Waals surface area contributed by atoms with Crippen LogP contribution in [0.25, 0.3) is 0 Å². The van der Waals surface area contributed by atoms with Crippen molar-refractivity contribution in [2.24, 2.45) is 0 Å². The van der Waals surface area contributed by atoms with Gasteiger partial charge < -0.3 is 15.3 Å². The predicted octanol–water partition coefficient (Wildman–Crippen LogP) is 0.352. The first-order valence-corrected chi connectivity index (χ1v) is 5.81. The Balaban J connectivity index is 2.18. The monoisotopic (exact) mass is 253 g/mol. The van der Waals surface area contributed by atoms with Crippen LogP contribution in [-0.4, -0.2) is 48.4 Å². The summed E-state index contributed by atoms with van der Waals surface area (Å²) in [7, 11) is 1.53. The Bertz CT molecular complexity index is 455. The Kier molecular flexibility index (Phi) is 3.47. The SMILES string of the molecule is CNC(=O)c1cc(N2CCC(F)(CO)C2)ccn1. The van der Waals surface area contributed by atoms with Crippen molar-refractivity contribution in [1.29, 1.82) is 0 Å². The van der Waals surface area contributed by atoms with Gasteiger partial charge in [0.1, 0.15) is 5.69 Å². The highest BCUT2D eigenvalue weighted by Gasteiger charge is 2.37. The van der Waals surface area contributed by atoms with E-state index in [1.54, 1.807) is 12.1 Å². The van der Waals surface area contributed by atoms with Gasteiger partial charge in [-0.15, -0.1) is 0 Å². The summed E-state index contributed by atoms with van der Waals surface area (Å²) < 4.78 is 13.9. The Morgan fingerprint density at radius 3 is 3.11 bits per heavy atom. The van der Waals surface area contributed by atoms with Crippen molar-refractivity contribution in [3.63, 3.8) is 0 Å². The Labute approximate surface area is 105 Å². The number of aliphatic hydroxyl groups is 1. The molecule has 18 heavy (non-hydrogen) atoms. The van der Waals surface area contributed by atoms with Crippen molar-refractivity contribution >= 4 is 11.6 Å². The highest BCUT2D eigenvalue weighted by Crippen LogP contribution is 2.29. The molecule has 1 aromatic rings. The number of hydrogen-bond donors (Lipinski definition) is 2. The Hall–Kier alpha value is -1.69.